The minimum atomic E-state index is -0.460. The fraction of sp³-hybridized carbons (Fsp3) is 0.381. The number of hydrogen-bond donors (Lipinski definition) is 1. The number of carbonyl (C=O) groups excluding carboxylic acids is 1. The van der Waals surface area contributed by atoms with E-state index in [1.54, 1.807) is 6.07 Å². The van der Waals surface area contributed by atoms with Crippen LogP contribution in [0.1, 0.15) is 36.0 Å². The predicted molar refractivity (Wildman–Crippen MR) is 110 cm³/mol. The summed E-state index contributed by atoms with van der Waals surface area (Å²) in [6.07, 6.45) is 4.50. The highest BCUT2D eigenvalue weighted by atomic mass is 16.6. The molecule has 28 heavy (non-hydrogen) atoms. The van der Waals surface area contributed by atoms with Gasteiger partial charge in [0.15, 0.2) is 0 Å². The number of hydrogen-bond acceptors (Lipinski definition) is 5. The molecule has 0 aliphatic carbocycles. The molecule has 0 spiro atoms. The zero-order valence-corrected chi connectivity index (χ0v) is 15.8. The number of nitrogens with one attached hydrogen (secondary N) is 1. The fourth-order valence-corrected chi connectivity index (χ4v) is 4.01. The number of nitro groups is 1. The molecule has 146 valence electrons. The van der Waals surface area contributed by atoms with Crippen molar-refractivity contribution in [2.45, 2.75) is 25.7 Å². The normalized spacial score (nSPS) is 16.4. The van der Waals surface area contributed by atoms with Gasteiger partial charge in [-0.05, 0) is 49.9 Å². The van der Waals surface area contributed by atoms with Crippen molar-refractivity contribution in [2.24, 2.45) is 0 Å². The smallest absolute Gasteiger partial charge is 0.270 e. The Balaban J connectivity index is 1.61. The van der Waals surface area contributed by atoms with Crippen molar-refractivity contribution < 1.29 is 9.72 Å². The van der Waals surface area contributed by atoms with Gasteiger partial charge in [0.25, 0.3) is 11.6 Å². The summed E-state index contributed by atoms with van der Waals surface area (Å²) in [6, 6.07) is 12.3. The Hall–Kier alpha value is -3.09. The number of anilines is 3. The molecule has 2 aromatic carbocycles. The first-order valence-electron chi connectivity index (χ1n) is 9.81. The van der Waals surface area contributed by atoms with Gasteiger partial charge in [0.05, 0.1) is 16.2 Å². The summed E-state index contributed by atoms with van der Waals surface area (Å²) >= 11 is 0. The Morgan fingerprint density at radius 2 is 1.61 bits per heavy atom. The summed E-state index contributed by atoms with van der Waals surface area (Å²) in [5, 5.41) is 14.2. The van der Waals surface area contributed by atoms with Crippen molar-refractivity contribution in [3.63, 3.8) is 0 Å². The Labute approximate surface area is 164 Å². The van der Waals surface area contributed by atoms with E-state index in [9.17, 15) is 14.9 Å². The van der Waals surface area contributed by atoms with E-state index in [-0.39, 0.29) is 11.6 Å². The van der Waals surface area contributed by atoms with Gasteiger partial charge in [-0.2, -0.15) is 0 Å². The first-order chi connectivity index (χ1) is 13.6. The van der Waals surface area contributed by atoms with Gasteiger partial charge in [-0.3, -0.25) is 14.9 Å². The summed E-state index contributed by atoms with van der Waals surface area (Å²) in [4.78, 5) is 28.2. The summed E-state index contributed by atoms with van der Waals surface area (Å²) in [5.74, 6) is -0.316. The van der Waals surface area contributed by atoms with Gasteiger partial charge in [0, 0.05) is 49.7 Å². The molecule has 0 unspecified atom stereocenters. The van der Waals surface area contributed by atoms with Crippen LogP contribution in [0.4, 0.5) is 22.7 Å². The minimum absolute atomic E-state index is 0.0704. The molecule has 1 N–H and O–H groups in total. The standard InChI is InChI=1S/C21H24N4O3/c26-21(22-16-6-5-7-17(14-16)23-10-1-2-11-23)19-15-18(25(27)28)8-9-20(19)24-12-3-4-13-24/h5-9,14-15H,1-4,10-13H2,(H,22,26). The fourth-order valence-electron chi connectivity index (χ4n) is 4.01. The lowest BCUT2D eigenvalue weighted by molar-refractivity contribution is -0.384. The Morgan fingerprint density at radius 3 is 2.29 bits per heavy atom. The minimum Gasteiger partial charge on any atom is -0.371 e. The van der Waals surface area contributed by atoms with Crippen LogP contribution in [0.2, 0.25) is 0 Å². The largest absolute Gasteiger partial charge is 0.371 e. The van der Waals surface area contributed by atoms with E-state index in [4.69, 9.17) is 0 Å². The second-order valence-corrected chi connectivity index (χ2v) is 7.35. The zero-order chi connectivity index (χ0) is 19.5. The van der Waals surface area contributed by atoms with E-state index in [0.717, 1.165) is 50.4 Å². The highest BCUT2D eigenvalue weighted by Gasteiger charge is 2.23. The molecule has 2 heterocycles. The number of amides is 1. The summed E-state index contributed by atoms with van der Waals surface area (Å²) in [5.41, 5.74) is 2.83. The highest BCUT2D eigenvalue weighted by molar-refractivity contribution is 6.08. The molecule has 0 bridgehead atoms. The molecule has 7 heteroatoms. The van der Waals surface area contributed by atoms with Crippen molar-refractivity contribution in [2.75, 3.05) is 41.3 Å². The molecule has 0 atom stereocenters. The molecule has 2 aromatic rings. The molecule has 7 nitrogen and oxygen atoms in total. The van der Waals surface area contributed by atoms with Gasteiger partial charge in [-0.25, -0.2) is 0 Å². The van der Waals surface area contributed by atoms with Crippen molar-refractivity contribution in [1.29, 1.82) is 0 Å². The van der Waals surface area contributed by atoms with E-state index >= 15 is 0 Å². The van der Waals surface area contributed by atoms with Crippen LogP contribution in [-0.2, 0) is 0 Å². The molecule has 0 aromatic heterocycles. The average Bonchev–Trinajstić information content (AvgIpc) is 3.41. The molecule has 2 fully saturated rings. The van der Waals surface area contributed by atoms with Crippen molar-refractivity contribution in [3.05, 3.63) is 58.1 Å². The molecule has 0 saturated carbocycles. The zero-order valence-electron chi connectivity index (χ0n) is 15.8. The van der Waals surface area contributed by atoms with Crippen LogP contribution in [0.25, 0.3) is 0 Å². The second kappa shape index (κ2) is 7.88. The second-order valence-electron chi connectivity index (χ2n) is 7.35. The maximum absolute atomic E-state index is 13.0. The number of rotatable bonds is 5. The molecule has 2 saturated heterocycles. The van der Waals surface area contributed by atoms with Gasteiger partial charge in [0.2, 0.25) is 0 Å². The number of non-ortho nitro benzene ring substituents is 1. The van der Waals surface area contributed by atoms with Crippen LogP contribution in [0.3, 0.4) is 0 Å². The van der Waals surface area contributed by atoms with E-state index < -0.39 is 4.92 Å². The molecule has 1 amide bonds. The van der Waals surface area contributed by atoms with Crippen LogP contribution < -0.4 is 15.1 Å². The van der Waals surface area contributed by atoms with E-state index in [0.29, 0.717) is 11.3 Å². The number of nitrogens with zero attached hydrogens (tertiary/aromatic N) is 3. The van der Waals surface area contributed by atoms with Gasteiger partial charge in [-0.1, -0.05) is 6.07 Å². The maximum Gasteiger partial charge on any atom is 0.270 e. The average molecular weight is 380 g/mol. The van der Waals surface area contributed by atoms with Crippen LogP contribution in [0, 0.1) is 10.1 Å². The Kier molecular flexibility index (Phi) is 5.14. The summed E-state index contributed by atoms with van der Waals surface area (Å²) < 4.78 is 0. The van der Waals surface area contributed by atoms with E-state index in [1.165, 1.54) is 25.0 Å². The summed E-state index contributed by atoms with van der Waals surface area (Å²) in [7, 11) is 0. The van der Waals surface area contributed by atoms with Crippen LogP contribution >= 0.6 is 0 Å². The molecule has 2 aliphatic heterocycles. The third-order valence-electron chi connectivity index (χ3n) is 5.46. The first-order valence-corrected chi connectivity index (χ1v) is 9.81. The molecule has 2 aliphatic rings. The number of nitro benzene ring substituents is 1. The highest BCUT2D eigenvalue weighted by Crippen LogP contribution is 2.30. The van der Waals surface area contributed by atoms with Crippen molar-refractivity contribution >= 4 is 28.7 Å². The SMILES string of the molecule is O=C(Nc1cccc(N2CCCC2)c1)c1cc([N+](=O)[O-])ccc1N1CCCC1. The third kappa shape index (κ3) is 3.78. The van der Waals surface area contributed by atoms with Gasteiger partial charge < -0.3 is 15.1 Å². The summed E-state index contributed by atoms with van der Waals surface area (Å²) in [6.45, 7) is 3.79. The Bertz CT molecular complexity index is 887. The monoisotopic (exact) mass is 380 g/mol. The topological polar surface area (TPSA) is 78.7 Å². The molecular formula is C21H24N4O3. The third-order valence-corrected chi connectivity index (χ3v) is 5.46. The quantitative estimate of drug-likeness (QED) is 0.625. The number of benzene rings is 2. The predicted octanol–water partition coefficient (Wildman–Crippen LogP) is 4.05. The van der Waals surface area contributed by atoms with Crippen LogP contribution in [0.5, 0.6) is 0 Å². The Morgan fingerprint density at radius 1 is 0.929 bits per heavy atom. The van der Waals surface area contributed by atoms with Crippen LogP contribution in [0.15, 0.2) is 42.5 Å². The van der Waals surface area contributed by atoms with E-state index in [1.807, 2.05) is 24.3 Å². The lowest BCUT2D eigenvalue weighted by Gasteiger charge is -2.21. The van der Waals surface area contributed by atoms with Crippen LogP contribution in [-0.4, -0.2) is 37.0 Å². The van der Waals surface area contributed by atoms with Gasteiger partial charge in [0.1, 0.15) is 0 Å². The molecular weight excluding hydrogens is 356 g/mol. The molecule has 0 radical (unpaired) electrons. The van der Waals surface area contributed by atoms with E-state index in [2.05, 4.69) is 15.1 Å². The van der Waals surface area contributed by atoms with Gasteiger partial charge in [-0.15, -0.1) is 0 Å². The van der Waals surface area contributed by atoms with Crippen molar-refractivity contribution in [1.82, 2.24) is 0 Å². The number of carbonyl (C=O) groups is 1. The lowest BCUT2D eigenvalue weighted by atomic mass is 10.1. The molecule has 4 rings (SSSR count). The maximum atomic E-state index is 13.0. The van der Waals surface area contributed by atoms with Crippen molar-refractivity contribution in [3.8, 4) is 0 Å². The lowest BCUT2D eigenvalue weighted by Crippen LogP contribution is -2.23. The van der Waals surface area contributed by atoms with Gasteiger partial charge >= 0.3 is 0 Å². The first kappa shape index (κ1) is 18.3.